The molecule has 0 radical (unpaired) electrons. The first kappa shape index (κ1) is 11.9. The molecule has 90 valence electrons. The summed E-state index contributed by atoms with van der Waals surface area (Å²) in [6.45, 7) is 2.73. The Morgan fingerprint density at radius 3 is 3.06 bits per heavy atom. The largest absolute Gasteiger partial charge is 0.351 e. The first-order valence-corrected chi connectivity index (χ1v) is 6.03. The Bertz CT molecular complexity index is 536. The monoisotopic (exact) mass is 251 g/mol. The van der Waals surface area contributed by atoms with Crippen molar-refractivity contribution in [2.75, 3.05) is 6.54 Å². The van der Waals surface area contributed by atoms with E-state index in [0.29, 0.717) is 11.6 Å². The van der Waals surface area contributed by atoms with E-state index in [1.807, 2.05) is 18.2 Å². The van der Waals surface area contributed by atoms with E-state index in [9.17, 15) is 4.79 Å². The third-order valence-corrected chi connectivity index (χ3v) is 2.88. The third kappa shape index (κ3) is 2.42. The van der Waals surface area contributed by atoms with Crippen LogP contribution < -0.4 is 5.32 Å². The molecule has 0 fully saturated rings. The number of pyridine rings is 1. The van der Waals surface area contributed by atoms with Crippen molar-refractivity contribution < 1.29 is 4.79 Å². The predicted molar refractivity (Wildman–Crippen MR) is 67.4 cm³/mol. The highest BCUT2D eigenvalue weighted by Crippen LogP contribution is 2.21. The number of carbonyl (C=O) groups excluding carboxylic acids is 1. The van der Waals surface area contributed by atoms with Gasteiger partial charge < -0.3 is 5.32 Å². The lowest BCUT2D eigenvalue weighted by atomic mass is 10.3. The van der Waals surface area contributed by atoms with Crippen LogP contribution in [0.25, 0.3) is 5.52 Å². The molecule has 5 heteroatoms. The van der Waals surface area contributed by atoms with Crippen LogP contribution in [-0.4, -0.2) is 22.1 Å². The van der Waals surface area contributed by atoms with E-state index < -0.39 is 0 Å². The van der Waals surface area contributed by atoms with E-state index in [1.54, 1.807) is 10.7 Å². The Morgan fingerprint density at radius 1 is 1.53 bits per heavy atom. The van der Waals surface area contributed by atoms with Crippen molar-refractivity contribution in [3.63, 3.8) is 0 Å². The molecule has 2 aromatic rings. The normalized spacial score (nSPS) is 10.7. The molecule has 0 aromatic carbocycles. The highest BCUT2D eigenvalue weighted by molar-refractivity contribution is 6.36. The summed E-state index contributed by atoms with van der Waals surface area (Å²) >= 11 is 6.12. The Hall–Kier alpha value is -1.55. The van der Waals surface area contributed by atoms with Crippen LogP contribution in [0, 0.1) is 0 Å². The van der Waals surface area contributed by atoms with Crippen LogP contribution in [0.4, 0.5) is 0 Å². The summed E-state index contributed by atoms with van der Waals surface area (Å²) < 4.78 is 1.61. The van der Waals surface area contributed by atoms with Crippen molar-refractivity contribution in [2.24, 2.45) is 0 Å². The van der Waals surface area contributed by atoms with Gasteiger partial charge in [0, 0.05) is 12.7 Å². The highest BCUT2D eigenvalue weighted by Gasteiger charge is 2.16. The van der Waals surface area contributed by atoms with E-state index in [1.165, 1.54) is 0 Å². The van der Waals surface area contributed by atoms with Gasteiger partial charge in [-0.3, -0.25) is 4.79 Å². The van der Waals surface area contributed by atoms with E-state index in [-0.39, 0.29) is 11.6 Å². The van der Waals surface area contributed by atoms with Crippen molar-refractivity contribution in [2.45, 2.75) is 19.8 Å². The molecule has 0 aliphatic carbocycles. The van der Waals surface area contributed by atoms with Gasteiger partial charge in [-0.2, -0.15) is 5.10 Å². The number of halogens is 1. The maximum absolute atomic E-state index is 11.8. The van der Waals surface area contributed by atoms with Gasteiger partial charge in [0.1, 0.15) is 0 Å². The van der Waals surface area contributed by atoms with Gasteiger partial charge in [-0.05, 0) is 18.6 Å². The lowest BCUT2D eigenvalue weighted by molar-refractivity contribution is 0.0948. The number of amides is 1. The molecular formula is C12H14ClN3O. The second-order valence-corrected chi connectivity index (χ2v) is 4.18. The Labute approximate surface area is 105 Å². The van der Waals surface area contributed by atoms with Crippen LogP contribution in [0.5, 0.6) is 0 Å². The smallest absolute Gasteiger partial charge is 0.273 e. The van der Waals surface area contributed by atoms with Crippen molar-refractivity contribution in [3.8, 4) is 0 Å². The van der Waals surface area contributed by atoms with Gasteiger partial charge in [-0.15, -0.1) is 0 Å². The van der Waals surface area contributed by atoms with Crippen LogP contribution in [-0.2, 0) is 0 Å². The first-order chi connectivity index (χ1) is 8.24. The van der Waals surface area contributed by atoms with Crippen LogP contribution >= 0.6 is 11.6 Å². The van der Waals surface area contributed by atoms with Gasteiger partial charge in [0.05, 0.1) is 10.5 Å². The maximum Gasteiger partial charge on any atom is 0.273 e. The highest BCUT2D eigenvalue weighted by atomic mass is 35.5. The SMILES string of the molecule is CCCCNC(=O)c1nn2ccccc2c1Cl. The van der Waals surface area contributed by atoms with Crippen molar-refractivity contribution >= 4 is 23.0 Å². The minimum Gasteiger partial charge on any atom is -0.351 e. The molecule has 0 aliphatic heterocycles. The number of unbranched alkanes of at least 4 members (excludes halogenated alkanes) is 1. The fourth-order valence-electron chi connectivity index (χ4n) is 1.58. The molecule has 0 atom stereocenters. The van der Waals surface area contributed by atoms with Crippen LogP contribution in [0.3, 0.4) is 0 Å². The molecule has 2 rings (SSSR count). The van der Waals surface area contributed by atoms with E-state index in [0.717, 1.165) is 18.4 Å². The van der Waals surface area contributed by atoms with E-state index in [2.05, 4.69) is 17.3 Å². The number of nitrogens with one attached hydrogen (secondary N) is 1. The zero-order valence-electron chi connectivity index (χ0n) is 9.61. The summed E-state index contributed by atoms with van der Waals surface area (Å²) in [5.74, 6) is -0.216. The lowest BCUT2D eigenvalue weighted by Gasteiger charge is -2.00. The fraction of sp³-hybridized carbons (Fsp3) is 0.333. The van der Waals surface area contributed by atoms with Crippen LogP contribution in [0.15, 0.2) is 24.4 Å². The molecule has 17 heavy (non-hydrogen) atoms. The topological polar surface area (TPSA) is 46.4 Å². The molecule has 0 saturated carbocycles. The zero-order chi connectivity index (χ0) is 12.3. The van der Waals surface area contributed by atoms with Gasteiger partial charge in [0.25, 0.3) is 5.91 Å². The van der Waals surface area contributed by atoms with Gasteiger partial charge in [-0.1, -0.05) is 31.0 Å². The van der Waals surface area contributed by atoms with Gasteiger partial charge in [-0.25, -0.2) is 4.52 Å². The standard InChI is InChI=1S/C12H14ClN3O/c1-2-3-7-14-12(17)11-10(13)9-6-4-5-8-16(9)15-11/h4-6,8H,2-3,7H2,1H3,(H,14,17). The van der Waals surface area contributed by atoms with Crippen molar-refractivity contribution in [1.29, 1.82) is 0 Å². The summed E-state index contributed by atoms with van der Waals surface area (Å²) in [7, 11) is 0. The molecule has 0 unspecified atom stereocenters. The fourth-order valence-corrected chi connectivity index (χ4v) is 1.85. The maximum atomic E-state index is 11.8. The van der Waals surface area contributed by atoms with Gasteiger partial charge in [0.2, 0.25) is 0 Å². The van der Waals surface area contributed by atoms with E-state index >= 15 is 0 Å². The second kappa shape index (κ2) is 5.19. The molecule has 1 N–H and O–H groups in total. The summed E-state index contributed by atoms with van der Waals surface area (Å²) in [5, 5.41) is 7.37. The Kier molecular flexibility index (Phi) is 3.64. The molecule has 1 amide bonds. The second-order valence-electron chi connectivity index (χ2n) is 3.80. The van der Waals surface area contributed by atoms with Gasteiger partial charge >= 0.3 is 0 Å². The molecule has 4 nitrogen and oxygen atoms in total. The quantitative estimate of drug-likeness (QED) is 0.849. The molecular weight excluding hydrogens is 238 g/mol. The number of hydrogen-bond donors (Lipinski definition) is 1. The number of carbonyl (C=O) groups is 1. The number of aromatic nitrogens is 2. The Morgan fingerprint density at radius 2 is 2.35 bits per heavy atom. The molecule has 0 bridgehead atoms. The minimum atomic E-state index is -0.216. The van der Waals surface area contributed by atoms with Gasteiger partial charge in [0.15, 0.2) is 5.69 Å². The average molecular weight is 252 g/mol. The third-order valence-electron chi connectivity index (χ3n) is 2.51. The number of rotatable bonds is 4. The summed E-state index contributed by atoms with van der Waals surface area (Å²) in [5.41, 5.74) is 1.03. The molecule has 0 spiro atoms. The summed E-state index contributed by atoms with van der Waals surface area (Å²) in [4.78, 5) is 11.8. The number of nitrogens with zero attached hydrogens (tertiary/aromatic N) is 2. The zero-order valence-corrected chi connectivity index (χ0v) is 10.4. The average Bonchev–Trinajstić information content (AvgIpc) is 2.68. The Balaban J connectivity index is 2.23. The van der Waals surface area contributed by atoms with E-state index in [4.69, 9.17) is 11.6 Å². The molecule has 0 aliphatic rings. The first-order valence-electron chi connectivity index (χ1n) is 5.65. The molecule has 2 aromatic heterocycles. The lowest BCUT2D eigenvalue weighted by Crippen LogP contribution is -2.25. The van der Waals surface area contributed by atoms with Crippen molar-refractivity contribution in [1.82, 2.24) is 14.9 Å². The molecule has 0 saturated heterocycles. The van der Waals surface area contributed by atoms with Crippen LogP contribution in [0.2, 0.25) is 5.02 Å². The molecule has 2 heterocycles. The number of hydrogen-bond acceptors (Lipinski definition) is 2. The number of fused-ring (bicyclic) bond motifs is 1. The predicted octanol–water partition coefficient (Wildman–Crippen LogP) is 2.52. The summed E-state index contributed by atoms with van der Waals surface area (Å²) in [6, 6.07) is 5.54. The summed E-state index contributed by atoms with van der Waals surface area (Å²) in [6.07, 6.45) is 3.76. The minimum absolute atomic E-state index is 0.216. The van der Waals surface area contributed by atoms with Crippen LogP contribution in [0.1, 0.15) is 30.3 Å². The van der Waals surface area contributed by atoms with Crippen molar-refractivity contribution in [3.05, 3.63) is 35.1 Å².